The number of anilines is 1. The summed E-state index contributed by atoms with van der Waals surface area (Å²) in [4.78, 5) is 11.8. The lowest BCUT2D eigenvalue weighted by molar-refractivity contribution is 0.146. The van der Waals surface area contributed by atoms with Gasteiger partial charge in [0.2, 0.25) is 5.06 Å². The maximum atomic E-state index is 12.9. The van der Waals surface area contributed by atoms with Gasteiger partial charge in [-0.15, -0.1) is 0 Å². The largest absolute Gasteiger partial charge is 0.512 e. The third-order valence-electron chi connectivity index (χ3n) is 3.93. The van der Waals surface area contributed by atoms with Gasteiger partial charge in [-0.2, -0.15) is 0 Å². The summed E-state index contributed by atoms with van der Waals surface area (Å²) in [5, 5.41) is 9.40. The number of benzene rings is 2. The Bertz CT molecular complexity index is 1140. The molecule has 0 aliphatic rings. The van der Waals surface area contributed by atoms with Gasteiger partial charge in [-0.05, 0) is 48.7 Å². The van der Waals surface area contributed by atoms with Crippen molar-refractivity contribution >= 4 is 44.8 Å². The summed E-state index contributed by atoms with van der Waals surface area (Å²) >= 11 is 7.09. The van der Waals surface area contributed by atoms with E-state index in [1.807, 2.05) is 30.3 Å². The predicted molar refractivity (Wildman–Crippen MR) is 110 cm³/mol. The van der Waals surface area contributed by atoms with Crippen LogP contribution in [0, 0.1) is 13.8 Å². The number of carboxylic acid groups (broad SMARTS) is 1. The topological polar surface area (TPSA) is 92.7 Å². The lowest BCUT2D eigenvalue weighted by Gasteiger charge is -2.12. The highest BCUT2D eigenvalue weighted by Gasteiger charge is 2.23. The molecule has 28 heavy (non-hydrogen) atoms. The standard InChI is InChI=1S/C19H16ClNO5S2/c1-11-9-17(12(2)8-14(11)20)28(24,25)21-15-10-16(13-6-4-3-5-7-13)27-18(15)26-19(22)23/h3-10,21H,1-2H3,(H,22,23). The Morgan fingerprint density at radius 2 is 1.79 bits per heavy atom. The average molecular weight is 438 g/mol. The van der Waals surface area contributed by atoms with Crippen molar-refractivity contribution in [3.05, 3.63) is 64.7 Å². The zero-order chi connectivity index (χ0) is 20.5. The van der Waals surface area contributed by atoms with E-state index in [0.29, 0.717) is 21.0 Å². The van der Waals surface area contributed by atoms with E-state index in [9.17, 15) is 13.2 Å². The minimum Gasteiger partial charge on any atom is -0.449 e. The molecule has 2 aromatic carbocycles. The number of hydrogen-bond donors (Lipinski definition) is 2. The molecular weight excluding hydrogens is 422 g/mol. The van der Waals surface area contributed by atoms with Gasteiger partial charge in [-0.25, -0.2) is 13.2 Å². The van der Waals surface area contributed by atoms with Gasteiger partial charge >= 0.3 is 6.16 Å². The highest BCUT2D eigenvalue weighted by Crippen LogP contribution is 2.42. The van der Waals surface area contributed by atoms with E-state index < -0.39 is 16.2 Å². The molecule has 0 unspecified atom stereocenters. The summed E-state index contributed by atoms with van der Waals surface area (Å²) in [5.74, 6) is 0. The van der Waals surface area contributed by atoms with Gasteiger partial charge in [0.25, 0.3) is 10.0 Å². The fourth-order valence-corrected chi connectivity index (χ4v) is 5.20. The first kappa shape index (κ1) is 20.2. The molecule has 3 rings (SSSR count). The number of rotatable bonds is 5. The molecule has 0 saturated carbocycles. The first-order chi connectivity index (χ1) is 13.2. The Morgan fingerprint density at radius 1 is 1.11 bits per heavy atom. The number of thiophene rings is 1. The predicted octanol–water partition coefficient (Wildman–Crippen LogP) is 5.54. The van der Waals surface area contributed by atoms with Crippen LogP contribution in [0.5, 0.6) is 5.06 Å². The first-order valence-corrected chi connectivity index (χ1v) is 10.7. The van der Waals surface area contributed by atoms with Gasteiger partial charge in [-0.1, -0.05) is 53.3 Å². The molecule has 146 valence electrons. The summed E-state index contributed by atoms with van der Waals surface area (Å²) in [6.45, 7) is 3.34. The van der Waals surface area contributed by atoms with Crippen molar-refractivity contribution in [2.24, 2.45) is 0 Å². The number of nitrogens with one attached hydrogen (secondary N) is 1. The first-order valence-electron chi connectivity index (χ1n) is 8.07. The van der Waals surface area contributed by atoms with Crippen molar-refractivity contribution in [2.75, 3.05) is 4.72 Å². The van der Waals surface area contributed by atoms with E-state index >= 15 is 0 Å². The van der Waals surface area contributed by atoms with Crippen LogP contribution in [0.3, 0.4) is 0 Å². The molecule has 6 nitrogen and oxygen atoms in total. The van der Waals surface area contributed by atoms with Crippen molar-refractivity contribution in [1.82, 2.24) is 0 Å². The van der Waals surface area contributed by atoms with Gasteiger partial charge in [0.1, 0.15) is 5.69 Å². The van der Waals surface area contributed by atoms with Crippen molar-refractivity contribution < 1.29 is 23.1 Å². The average Bonchev–Trinajstić information content (AvgIpc) is 3.00. The van der Waals surface area contributed by atoms with Crippen LogP contribution in [0.4, 0.5) is 10.5 Å². The molecule has 0 aliphatic carbocycles. The number of halogens is 1. The molecule has 2 N–H and O–H groups in total. The second-order valence-electron chi connectivity index (χ2n) is 6.02. The SMILES string of the molecule is Cc1cc(S(=O)(=O)Nc2cc(-c3ccccc3)sc2OC(=O)O)c(C)cc1Cl. The van der Waals surface area contributed by atoms with Crippen LogP contribution in [0.15, 0.2) is 53.4 Å². The Labute approximate surface area is 171 Å². The van der Waals surface area contributed by atoms with Crippen LogP contribution in [0.1, 0.15) is 11.1 Å². The third-order valence-corrected chi connectivity index (χ3v) is 6.90. The van der Waals surface area contributed by atoms with Crippen LogP contribution in [0.25, 0.3) is 10.4 Å². The summed E-state index contributed by atoms with van der Waals surface area (Å²) in [7, 11) is -3.99. The van der Waals surface area contributed by atoms with Crippen LogP contribution < -0.4 is 9.46 Å². The van der Waals surface area contributed by atoms with Crippen LogP contribution in [-0.4, -0.2) is 19.7 Å². The maximum absolute atomic E-state index is 12.9. The van der Waals surface area contributed by atoms with Crippen molar-refractivity contribution in [3.8, 4) is 15.5 Å². The van der Waals surface area contributed by atoms with E-state index in [1.165, 1.54) is 6.07 Å². The molecule has 0 atom stereocenters. The molecule has 3 aromatic rings. The Morgan fingerprint density at radius 3 is 2.43 bits per heavy atom. The maximum Gasteiger partial charge on any atom is 0.512 e. The van der Waals surface area contributed by atoms with E-state index in [2.05, 4.69) is 4.72 Å². The molecule has 0 aliphatic heterocycles. The quantitative estimate of drug-likeness (QED) is 0.511. The number of sulfonamides is 1. The van der Waals surface area contributed by atoms with Crippen LogP contribution >= 0.6 is 22.9 Å². The third kappa shape index (κ3) is 4.30. The zero-order valence-electron chi connectivity index (χ0n) is 14.9. The Balaban J connectivity index is 2.04. The van der Waals surface area contributed by atoms with Gasteiger partial charge in [-0.3, -0.25) is 4.72 Å². The smallest absolute Gasteiger partial charge is 0.449 e. The Hall–Kier alpha value is -2.55. The molecular formula is C19H16ClNO5S2. The molecule has 1 heterocycles. The van der Waals surface area contributed by atoms with Crippen molar-refractivity contribution in [1.29, 1.82) is 0 Å². The fourth-order valence-electron chi connectivity index (χ4n) is 2.59. The summed E-state index contributed by atoms with van der Waals surface area (Å²) in [6.07, 6.45) is -1.53. The number of hydrogen-bond acceptors (Lipinski definition) is 5. The molecule has 1 aromatic heterocycles. The molecule has 0 saturated heterocycles. The fraction of sp³-hybridized carbons (Fsp3) is 0.105. The highest BCUT2D eigenvalue weighted by molar-refractivity contribution is 7.92. The van der Waals surface area contributed by atoms with Crippen molar-refractivity contribution in [2.45, 2.75) is 18.7 Å². The van der Waals surface area contributed by atoms with E-state index in [4.69, 9.17) is 21.4 Å². The van der Waals surface area contributed by atoms with Crippen LogP contribution in [0.2, 0.25) is 5.02 Å². The Kier molecular flexibility index (Phi) is 5.64. The van der Waals surface area contributed by atoms with Crippen molar-refractivity contribution in [3.63, 3.8) is 0 Å². The lowest BCUT2D eigenvalue weighted by Crippen LogP contribution is -2.15. The number of ether oxygens (including phenoxy) is 1. The van der Waals surface area contributed by atoms with E-state index in [0.717, 1.165) is 16.9 Å². The minimum atomic E-state index is -3.99. The van der Waals surface area contributed by atoms with Crippen LogP contribution in [-0.2, 0) is 10.0 Å². The second-order valence-corrected chi connectivity index (χ2v) is 9.09. The molecule has 0 radical (unpaired) electrons. The number of carbonyl (C=O) groups is 1. The van der Waals surface area contributed by atoms with Gasteiger partial charge in [0.05, 0.1) is 4.90 Å². The molecule has 0 spiro atoms. The number of aryl methyl sites for hydroxylation is 2. The van der Waals surface area contributed by atoms with Gasteiger partial charge in [0.15, 0.2) is 0 Å². The minimum absolute atomic E-state index is 0.0539. The second kappa shape index (κ2) is 7.83. The van der Waals surface area contributed by atoms with E-state index in [-0.39, 0.29) is 15.6 Å². The molecule has 0 amide bonds. The molecule has 0 fully saturated rings. The summed E-state index contributed by atoms with van der Waals surface area (Å²) < 4.78 is 33.1. The van der Waals surface area contributed by atoms with Gasteiger partial charge in [0, 0.05) is 9.90 Å². The lowest BCUT2D eigenvalue weighted by atomic mass is 10.2. The molecule has 0 bridgehead atoms. The van der Waals surface area contributed by atoms with Gasteiger partial charge < -0.3 is 9.84 Å². The highest BCUT2D eigenvalue weighted by atomic mass is 35.5. The molecule has 9 heteroatoms. The monoisotopic (exact) mass is 437 g/mol. The summed E-state index contributed by atoms with van der Waals surface area (Å²) in [6, 6.07) is 13.8. The summed E-state index contributed by atoms with van der Waals surface area (Å²) in [5.41, 5.74) is 1.96. The van der Waals surface area contributed by atoms with E-state index in [1.54, 1.807) is 26.0 Å². The normalized spacial score (nSPS) is 11.2. The zero-order valence-corrected chi connectivity index (χ0v) is 17.3.